The minimum Gasteiger partial charge on any atom is -0.453 e. The number of nitrogens with zero attached hydrogens (tertiary/aromatic N) is 6. The maximum Gasteiger partial charge on any atom is 0.407 e. The van der Waals surface area contributed by atoms with Crippen molar-refractivity contribution in [2.75, 3.05) is 12.4 Å². The molecule has 0 saturated heterocycles. The number of aromatic nitrogens is 6. The van der Waals surface area contributed by atoms with Crippen molar-refractivity contribution in [1.29, 1.82) is 0 Å². The highest BCUT2D eigenvalue weighted by molar-refractivity contribution is 5.87. The van der Waals surface area contributed by atoms with Gasteiger partial charge in [-0.05, 0) is 31.4 Å². The van der Waals surface area contributed by atoms with Crippen molar-refractivity contribution in [2.45, 2.75) is 55.9 Å². The van der Waals surface area contributed by atoms with Crippen LogP contribution in [0.4, 0.5) is 20.8 Å². The summed E-state index contributed by atoms with van der Waals surface area (Å²) in [5.41, 5.74) is 4.13. The van der Waals surface area contributed by atoms with E-state index >= 15 is 0 Å². The van der Waals surface area contributed by atoms with Crippen LogP contribution in [0.5, 0.6) is 0 Å². The van der Waals surface area contributed by atoms with Gasteiger partial charge in [-0.15, -0.1) is 0 Å². The van der Waals surface area contributed by atoms with Crippen molar-refractivity contribution < 1.29 is 24.2 Å². The Labute approximate surface area is 226 Å². The number of pyridine rings is 2. The first-order valence-corrected chi connectivity index (χ1v) is 12.3. The van der Waals surface area contributed by atoms with Crippen LogP contribution < -0.4 is 22.1 Å². The molecule has 2 amide bonds. The number of carbonyl (C=O) groups is 2. The van der Waals surface area contributed by atoms with E-state index in [9.17, 15) is 18.8 Å². The van der Waals surface area contributed by atoms with E-state index < -0.39 is 48.4 Å². The van der Waals surface area contributed by atoms with Crippen LogP contribution in [0.2, 0.25) is 0 Å². The van der Waals surface area contributed by atoms with Gasteiger partial charge in [-0.3, -0.25) is 13.9 Å². The standard InChI is InChI=1S/C25H28FN9O4/c1-33-18-12-28-20(8-17(18)34(24(33)38)16-5-4-15(7-16)30-23(37)39-2)31-19-6-3-13-11-29-35(21(13)32-19)25(22(27)36)9-14(26)10-25/h3,6,8,11-12,14-16H,4-5,7,9-10H2,1-2H3,(H2,27,36)(H,30,37)(H,28,31,32)/t14?,15-,16-,25?/m1/s1/i1D3,15D. The maximum absolute atomic E-state index is 13.8. The maximum atomic E-state index is 13.8. The minimum absolute atomic E-state index is 0.0385. The first-order valence-electron chi connectivity index (χ1n) is 14.3. The van der Waals surface area contributed by atoms with Crippen molar-refractivity contribution in [2.24, 2.45) is 12.7 Å². The largest absolute Gasteiger partial charge is 0.453 e. The lowest BCUT2D eigenvalue weighted by atomic mass is 9.74. The highest BCUT2D eigenvalue weighted by Gasteiger charge is 2.53. The Balaban J connectivity index is 1.38. The lowest BCUT2D eigenvalue weighted by molar-refractivity contribution is -0.135. The number of fused-ring (bicyclic) bond motifs is 2. The van der Waals surface area contributed by atoms with Crippen molar-refractivity contribution >= 4 is 45.7 Å². The quantitative estimate of drug-likeness (QED) is 0.334. The summed E-state index contributed by atoms with van der Waals surface area (Å²) < 4.78 is 54.3. The predicted octanol–water partition coefficient (Wildman–Crippen LogP) is 1.99. The Morgan fingerprint density at radius 3 is 2.79 bits per heavy atom. The fourth-order valence-electron chi connectivity index (χ4n) is 5.47. The smallest absolute Gasteiger partial charge is 0.407 e. The number of alkyl halides is 1. The fraction of sp³-hybridized carbons (Fsp3) is 0.440. The van der Waals surface area contributed by atoms with Crippen LogP contribution in [-0.4, -0.2) is 60.2 Å². The number of rotatable bonds is 6. The molecule has 2 aliphatic rings. The second kappa shape index (κ2) is 9.06. The number of alkyl carbamates (subject to hydrolysis) is 1. The van der Waals surface area contributed by atoms with Crippen molar-refractivity contribution in [3.05, 3.63) is 41.1 Å². The number of hydrogen-bond donors (Lipinski definition) is 3. The average Bonchev–Trinajstić information content (AvgIpc) is 3.58. The molecule has 4 heterocycles. The number of carbonyl (C=O) groups excluding carboxylic acids is 2. The van der Waals surface area contributed by atoms with Gasteiger partial charge >= 0.3 is 11.8 Å². The number of imidazole rings is 1. The number of halogens is 1. The molecular weight excluding hydrogens is 509 g/mol. The van der Waals surface area contributed by atoms with Gasteiger partial charge in [-0.25, -0.2) is 28.6 Å². The van der Waals surface area contributed by atoms with Gasteiger partial charge in [0.1, 0.15) is 23.3 Å². The Morgan fingerprint density at radius 2 is 2.08 bits per heavy atom. The van der Waals surface area contributed by atoms with Crippen molar-refractivity contribution in [3.63, 3.8) is 0 Å². The van der Waals surface area contributed by atoms with Crippen LogP contribution in [0.3, 0.4) is 0 Å². The molecule has 6 rings (SSSR count). The first kappa shape index (κ1) is 20.5. The fourth-order valence-corrected chi connectivity index (χ4v) is 5.47. The molecule has 4 N–H and O–H groups in total. The third-order valence-corrected chi connectivity index (χ3v) is 7.51. The lowest BCUT2D eigenvalue weighted by Gasteiger charge is -2.41. The van der Waals surface area contributed by atoms with Gasteiger partial charge < -0.3 is 21.1 Å². The molecule has 4 aromatic rings. The van der Waals surface area contributed by atoms with E-state index in [0.717, 1.165) is 0 Å². The molecule has 0 unspecified atom stereocenters. The second-order valence-corrected chi connectivity index (χ2v) is 9.86. The molecule has 204 valence electrons. The molecule has 13 nitrogen and oxygen atoms in total. The molecule has 0 spiro atoms. The second-order valence-electron chi connectivity index (χ2n) is 9.86. The van der Waals surface area contributed by atoms with Crippen LogP contribution in [0.1, 0.15) is 43.6 Å². The van der Waals surface area contributed by atoms with Crippen LogP contribution >= 0.6 is 0 Å². The predicted molar refractivity (Wildman–Crippen MR) is 139 cm³/mol. The monoisotopic (exact) mass is 541 g/mol. The number of primary amides is 1. The van der Waals surface area contributed by atoms with Gasteiger partial charge in [0.25, 0.3) is 0 Å². The summed E-state index contributed by atoms with van der Waals surface area (Å²) in [5.74, 6) is -0.197. The van der Waals surface area contributed by atoms with Crippen molar-refractivity contribution in [1.82, 2.24) is 34.2 Å². The van der Waals surface area contributed by atoms with Gasteiger partial charge in [-0.2, -0.15) is 5.10 Å². The molecule has 2 atom stereocenters. The molecule has 2 aliphatic carbocycles. The van der Waals surface area contributed by atoms with Gasteiger partial charge in [0.2, 0.25) is 5.91 Å². The summed E-state index contributed by atoms with van der Waals surface area (Å²) >= 11 is 0. The Hall–Kier alpha value is -4.49. The molecule has 0 aromatic carbocycles. The number of anilines is 2. The summed E-state index contributed by atoms with van der Waals surface area (Å²) in [6, 6.07) is 2.84. The molecule has 39 heavy (non-hydrogen) atoms. The third-order valence-electron chi connectivity index (χ3n) is 7.51. The Morgan fingerprint density at radius 1 is 1.26 bits per heavy atom. The molecule has 14 heteroatoms. The van der Waals surface area contributed by atoms with E-state index in [0.29, 0.717) is 22.0 Å². The first-order chi connectivity index (χ1) is 20.2. The summed E-state index contributed by atoms with van der Waals surface area (Å²) in [4.78, 5) is 46.4. The van der Waals surface area contributed by atoms with Crippen LogP contribution in [0, 0.1) is 0 Å². The van der Waals surface area contributed by atoms with E-state index in [4.69, 9.17) is 11.2 Å². The molecule has 4 aromatic heterocycles. The van der Waals surface area contributed by atoms with Crippen molar-refractivity contribution in [3.8, 4) is 0 Å². The number of nitrogens with two attached hydrogens (primary N) is 1. The minimum atomic E-state index is -2.81. The SMILES string of the molecule is [2H]C([2H])([2H])n1c(=O)n([C@@H]2CC[C@@]([2H])(NC(=O)OC)C2)c2cc(Nc3ccc4cnn(C5(C(N)=O)CC(F)C5)c4n3)ncc21. The molecule has 2 fully saturated rings. The van der Waals surface area contributed by atoms with Crippen LogP contribution in [0.25, 0.3) is 22.1 Å². The van der Waals surface area contributed by atoms with Gasteiger partial charge in [-0.1, -0.05) is 0 Å². The van der Waals surface area contributed by atoms with Crippen LogP contribution in [0.15, 0.2) is 35.4 Å². The summed E-state index contributed by atoms with van der Waals surface area (Å²) in [6.45, 7) is -2.81. The zero-order valence-electron chi connectivity index (χ0n) is 24.8. The van der Waals surface area contributed by atoms with E-state index in [2.05, 4.69) is 30.4 Å². The average molecular weight is 542 g/mol. The molecular formula is C25H28FN9O4. The number of aryl methyl sites for hydroxylation is 1. The molecule has 0 radical (unpaired) electrons. The molecule has 2 saturated carbocycles. The summed E-state index contributed by atoms with van der Waals surface area (Å²) in [7, 11) is 1.18. The number of amides is 2. The topological polar surface area (TPSA) is 164 Å². The molecule has 0 aliphatic heterocycles. The van der Waals surface area contributed by atoms with Gasteiger partial charge in [0.05, 0.1) is 31.9 Å². The van der Waals surface area contributed by atoms with E-state index in [-0.39, 0.29) is 48.4 Å². The van der Waals surface area contributed by atoms with E-state index in [1.165, 1.54) is 34.8 Å². The van der Waals surface area contributed by atoms with Gasteiger partial charge in [0, 0.05) is 47.4 Å². The Kier molecular flexibility index (Phi) is 4.76. The number of ether oxygens (including phenoxy) is 1. The highest BCUT2D eigenvalue weighted by atomic mass is 19.1. The Bertz CT molecular complexity index is 1830. The van der Waals surface area contributed by atoms with E-state index in [1.54, 1.807) is 12.1 Å². The van der Waals surface area contributed by atoms with Crippen LogP contribution in [-0.2, 0) is 22.0 Å². The third kappa shape index (κ3) is 3.97. The van der Waals surface area contributed by atoms with Gasteiger partial charge in [0.15, 0.2) is 5.65 Å². The zero-order valence-corrected chi connectivity index (χ0v) is 20.8. The number of nitrogens with one attached hydrogen (secondary N) is 2. The number of hydrogen-bond acceptors (Lipinski definition) is 8. The normalized spacial score (nSPS) is 28.3. The zero-order chi connectivity index (χ0) is 30.9. The summed E-state index contributed by atoms with van der Waals surface area (Å²) in [6.07, 6.45) is 1.17. The molecule has 0 bridgehead atoms. The highest BCUT2D eigenvalue weighted by Crippen LogP contribution is 2.42. The number of methoxy groups -OCH3 is 1. The lowest BCUT2D eigenvalue weighted by Crippen LogP contribution is -2.57. The van der Waals surface area contributed by atoms with E-state index in [1.807, 2.05) is 0 Å². The summed E-state index contributed by atoms with van der Waals surface area (Å²) in [5, 5.41) is 10.4.